The summed E-state index contributed by atoms with van der Waals surface area (Å²) >= 11 is 6.41. The van der Waals surface area contributed by atoms with Gasteiger partial charge in [-0.2, -0.15) is 0 Å². The molecule has 1 saturated heterocycles. The van der Waals surface area contributed by atoms with E-state index in [1.54, 1.807) is 24.0 Å². The Kier molecular flexibility index (Phi) is 7.30. The van der Waals surface area contributed by atoms with Crippen molar-refractivity contribution in [2.24, 2.45) is 0 Å². The van der Waals surface area contributed by atoms with E-state index in [0.717, 1.165) is 13.1 Å². The van der Waals surface area contributed by atoms with Crippen LogP contribution >= 0.6 is 11.6 Å². The highest BCUT2D eigenvalue weighted by molar-refractivity contribution is 6.31. The first-order valence-electron chi connectivity index (χ1n) is 9.70. The molecule has 0 unspecified atom stereocenters. The predicted molar refractivity (Wildman–Crippen MR) is 111 cm³/mol. The zero-order valence-electron chi connectivity index (χ0n) is 16.5. The number of hydrogen-bond acceptors (Lipinski definition) is 5. The van der Waals surface area contributed by atoms with Gasteiger partial charge in [-0.3, -0.25) is 9.80 Å². The maximum atomic E-state index is 13.0. The van der Waals surface area contributed by atoms with Gasteiger partial charge in [0.25, 0.3) is 0 Å². The summed E-state index contributed by atoms with van der Waals surface area (Å²) in [5.41, 5.74) is 1.66. The number of hydrogen-bond donors (Lipinski definition) is 1. The van der Waals surface area contributed by atoms with Crippen molar-refractivity contribution in [3.63, 3.8) is 0 Å². The number of amides is 2. The van der Waals surface area contributed by atoms with E-state index in [4.69, 9.17) is 21.1 Å². The van der Waals surface area contributed by atoms with E-state index in [2.05, 4.69) is 16.8 Å². The van der Waals surface area contributed by atoms with Gasteiger partial charge in [-0.05, 0) is 18.6 Å². The first-order valence-corrected chi connectivity index (χ1v) is 10.1. The Morgan fingerprint density at radius 3 is 2.76 bits per heavy atom. The molecule has 3 rings (SSSR count). The number of nitrogens with one attached hydrogen (secondary N) is 1. The van der Waals surface area contributed by atoms with E-state index in [9.17, 15) is 9.59 Å². The zero-order chi connectivity index (χ0) is 20.8. The normalized spacial score (nSPS) is 20.4. The van der Waals surface area contributed by atoms with Crippen LogP contribution in [0, 0.1) is 0 Å². The Bertz CT molecular complexity index is 805. The molecule has 8 heteroatoms. The first kappa shape index (κ1) is 21.4. The Labute approximate surface area is 175 Å². The smallest absolute Gasteiger partial charge is 0.338 e. The number of urea groups is 1. The minimum absolute atomic E-state index is 0.234. The molecule has 1 aromatic carbocycles. The van der Waals surface area contributed by atoms with Crippen molar-refractivity contribution in [2.45, 2.75) is 13.0 Å². The Morgan fingerprint density at radius 2 is 2.10 bits per heavy atom. The summed E-state index contributed by atoms with van der Waals surface area (Å²) in [6.07, 6.45) is 1.64. The van der Waals surface area contributed by atoms with Crippen LogP contribution < -0.4 is 5.32 Å². The van der Waals surface area contributed by atoms with Crippen LogP contribution in [0.25, 0.3) is 0 Å². The summed E-state index contributed by atoms with van der Waals surface area (Å²) in [7, 11) is 0. The van der Waals surface area contributed by atoms with Crippen LogP contribution in [-0.4, -0.2) is 67.8 Å². The molecule has 1 N–H and O–H groups in total. The Hall–Kier alpha value is -2.35. The topological polar surface area (TPSA) is 71.1 Å². The lowest BCUT2D eigenvalue weighted by atomic mass is 9.94. The molecule has 0 aromatic heterocycles. The van der Waals surface area contributed by atoms with Gasteiger partial charge in [0, 0.05) is 36.9 Å². The van der Waals surface area contributed by atoms with Crippen LogP contribution in [0.1, 0.15) is 18.5 Å². The molecule has 0 aliphatic carbocycles. The van der Waals surface area contributed by atoms with Gasteiger partial charge in [0.1, 0.15) is 0 Å². The Morgan fingerprint density at radius 1 is 1.38 bits per heavy atom. The SMILES string of the molecule is C=CCN1C(=O)N[C@H](c2ccccc2Cl)C(C(=O)OCC)=C1CN1CCOCC1. The molecule has 0 bridgehead atoms. The number of rotatable bonds is 7. The molecule has 29 heavy (non-hydrogen) atoms. The van der Waals surface area contributed by atoms with Crippen LogP contribution in [0.3, 0.4) is 0 Å². The average molecular weight is 420 g/mol. The first-order chi connectivity index (χ1) is 14.1. The molecule has 7 nitrogen and oxygen atoms in total. The highest BCUT2D eigenvalue weighted by Crippen LogP contribution is 2.35. The highest BCUT2D eigenvalue weighted by Gasteiger charge is 2.39. The molecule has 1 aromatic rings. The fourth-order valence-electron chi connectivity index (χ4n) is 3.56. The Balaban J connectivity index is 2.11. The zero-order valence-corrected chi connectivity index (χ0v) is 17.3. The molecule has 0 radical (unpaired) electrons. The number of morpholine rings is 1. The van der Waals surface area contributed by atoms with E-state index < -0.39 is 12.0 Å². The molecule has 1 atom stereocenters. The number of carbonyl (C=O) groups excluding carboxylic acids is 2. The van der Waals surface area contributed by atoms with Gasteiger partial charge in [0.2, 0.25) is 0 Å². The van der Waals surface area contributed by atoms with E-state index in [1.165, 1.54) is 0 Å². The van der Waals surface area contributed by atoms with Gasteiger partial charge in [-0.15, -0.1) is 6.58 Å². The minimum Gasteiger partial charge on any atom is -0.463 e. The molecule has 2 amide bonds. The summed E-state index contributed by atoms with van der Waals surface area (Å²) in [6, 6.07) is 6.20. The largest absolute Gasteiger partial charge is 0.463 e. The number of ether oxygens (including phenoxy) is 2. The minimum atomic E-state index is -0.688. The number of esters is 1. The molecule has 1 fully saturated rings. The van der Waals surface area contributed by atoms with Gasteiger partial charge in [-0.1, -0.05) is 35.9 Å². The molecule has 0 saturated carbocycles. The van der Waals surface area contributed by atoms with Crippen LogP contribution in [0.15, 0.2) is 48.2 Å². The maximum Gasteiger partial charge on any atom is 0.338 e. The third kappa shape index (κ3) is 4.80. The van der Waals surface area contributed by atoms with Gasteiger partial charge in [-0.25, -0.2) is 9.59 Å². The highest BCUT2D eigenvalue weighted by atomic mass is 35.5. The second kappa shape index (κ2) is 9.91. The third-order valence-electron chi connectivity index (χ3n) is 4.94. The van der Waals surface area contributed by atoms with Crippen molar-refractivity contribution < 1.29 is 19.1 Å². The van der Waals surface area contributed by atoms with Gasteiger partial charge < -0.3 is 14.8 Å². The standard InChI is InChI=1S/C21H26ClN3O4/c1-3-9-25-17(14-24-10-12-28-13-11-24)18(20(26)29-4-2)19(23-21(25)27)15-7-5-6-8-16(15)22/h3,5-8,19H,1,4,9-14H2,2H3,(H,23,27)/t19-/m1/s1. The molecule has 0 spiro atoms. The third-order valence-corrected chi connectivity index (χ3v) is 5.28. The van der Waals surface area contributed by atoms with Crippen molar-refractivity contribution in [1.82, 2.24) is 15.1 Å². The molecular weight excluding hydrogens is 394 g/mol. The van der Waals surface area contributed by atoms with Crippen LogP contribution in [0.4, 0.5) is 4.79 Å². The summed E-state index contributed by atoms with van der Waals surface area (Å²) in [5.74, 6) is -0.463. The fraction of sp³-hybridized carbons (Fsp3) is 0.429. The lowest BCUT2D eigenvalue weighted by Gasteiger charge is -2.39. The van der Waals surface area contributed by atoms with Gasteiger partial charge in [0.05, 0.1) is 31.4 Å². The summed E-state index contributed by atoms with van der Waals surface area (Å²) in [5, 5.41) is 3.39. The van der Waals surface area contributed by atoms with Crippen LogP contribution in [-0.2, 0) is 14.3 Å². The molecule has 2 aliphatic rings. The van der Waals surface area contributed by atoms with Crippen molar-refractivity contribution in [2.75, 3.05) is 46.0 Å². The lowest BCUT2D eigenvalue weighted by molar-refractivity contribution is -0.139. The monoisotopic (exact) mass is 419 g/mol. The molecule has 156 valence electrons. The predicted octanol–water partition coefficient (Wildman–Crippen LogP) is 2.74. The molecule has 2 aliphatic heterocycles. The fourth-order valence-corrected chi connectivity index (χ4v) is 3.80. The second-order valence-corrected chi connectivity index (χ2v) is 7.18. The van der Waals surface area contributed by atoms with E-state index >= 15 is 0 Å². The van der Waals surface area contributed by atoms with Crippen molar-refractivity contribution >= 4 is 23.6 Å². The number of nitrogens with zero attached hydrogens (tertiary/aromatic N) is 2. The van der Waals surface area contributed by atoms with Crippen molar-refractivity contribution in [3.8, 4) is 0 Å². The molecular formula is C21H26ClN3O4. The van der Waals surface area contributed by atoms with E-state index in [-0.39, 0.29) is 19.2 Å². The summed E-state index contributed by atoms with van der Waals surface area (Å²) in [4.78, 5) is 29.7. The average Bonchev–Trinajstić information content (AvgIpc) is 2.71. The van der Waals surface area contributed by atoms with E-state index in [1.807, 2.05) is 18.2 Å². The number of halogens is 1. The van der Waals surface area contributed by atoms with Gasteiger partial charge >= 0.3 is 12.0 Å². The number of benzene rings is 1. The second-order valence-electron chi connectivity index (χ2n) is 6.77. The number of carbonyl (C=O) groups is 2. The van der Waals surface area contributed by atoms with E-state index in [0.29, 0.717) is 41.6 Å². The lowest BCUT2D eigenvalue weighted by Crippen LogP contribution is -2.51. The summed E-state index contributed by atoms with van der Waals surface area (Å²) < 4.78 is 10.8. The van der Waals surface area contributed by atoms with Crippen LogP contribution in [0.5, 0.6) is 0 Å². The quantitative estimate of drug-likeness (QED) is 0.543. The van der Waals surface area contributed by atoms with Crippen LogP contribution in [0.2, 0.25) is 5.02 Å². The maximum absolute atomic E-state index is 13.0. The molecule has 2 heterocycles. The summed E-state index contributed by atoms with van der Waals surface area (Å²) in [6.45, 7) is 9.13. The van der Waals surface area contributed by atoms with Gasteiger partial charge in [0.15, 0.2) is 0 Å². The van der Waals surface area contributed by atoms with Crippen molar-refractivity contribution in [1.29, 1.82) is 0 Å². The van der Waals surface area contributed by atoms with Crippen molar-refractivity contribution in [3.05, 3.63) is 58.8 Å².